The van der Waals surface area contributed by atoms with Crippen molar-refractivity contribution in [2.75, 3.05) is 6.61 Å². The van der Waals surface area contributed by atoms with Gasteiger partial charge in [0.15, 0.2) is 6.10 Å². The minimum Gasteiger partial charge on any atom is -0.453 e. The second-order valence-corrected chi connectivity index (χ2v) is 4.47. The molecule has 106 valence electrons. The van der Waals surface area contributed by atoms with E-state index in [4.69, 9.17) is 14.2 Å². The molecule has 0 bridgehead atoms. The Morgan fingerprint density at radius 2 is 2.10 bits per heavy atom. The Kier molecular flexibility index (Phi) is 5.09. The van der Waals surface area contributed by atoms with E-state index in [9.17, 15) is 4.79 Å². The monoisotopic (exact) mass is 274 g/mol. The molecule has 0 aromatic heterocycles. The summed E-state index contributed by atoms with van der Waals surface area (Å²) >= 11 is 0. The van der Waals surface area contributed by atoms with Crippen molar-refractivity contribution in [1.82, 2.24) is 0 Å². The first-order valence-corrected chi connectivity index (χ1v) is 6.47. The van der Waals surface area contributed by atoms with Gasteiger partial charge in [-0.3, -0.25) is 0 Å². The second kappa shape index (κ2) is 7.03. The fraction of sp³-hybridized carbons (Fsp3) is 0.312. The number of hydrogen-bond donors (Lipinski definition) is 0. The van der Waals surface area contributed by atoms with Gasteiger partial charge in [0.25, 0.3) is 0 Å². The van der Waals surface area contributed by atoms with Crippen molar-refractivity contribution < 1.29 is 19.0 Å². The molecule has 0 unspecified atom stereocenters. The first-order valence-electron chi connectivity index (χ1n) is 6.47. The molecule has 0 saturated carbocycles. The lowest BCUT2D eigenvalue weighted by Crippen LogP contribution is -2.36. The SMILES string of the molecule is C=CC(=O)O[C@@H]([C@@H](C=C)OCc1ccccc1)[C@H]1CO1. The summed E-state index contributed by atoms with van der Waals surface area (Å²) in [6.07, 6.45) is 1.74. The Labute approximate surface area is 118 Å². The molecule has 0 spiro atoms. The highest BCUT2D eigenvalue weighted by Gasteiger charge is 2.40. The Hall–Kier alpha value is -1.91. The first kappa shape index (κ1) is 14.5. The van der Waals surface area contributed by atoms with Crippen LogP contribution in [-0.2, 0) is 25.6 Å². The van der Waals surface area contributed by atoms with E-state index in [-0.39, 0.29) is 6.10 Å². The van der Waals surface area contributed by atoms with Crippen LogP contribution in [-0.4, -0.2) is 30.9 Å². The average Bonchev–Trinajstić information content (AvgIpc) is 3.32. The highest BCUT2D eigenvalue weighted by molar-refractivity contribution is 5.81. The predicted octanol–water partition coefficient (Wildman–Crippen LogP) is 2.25. The number of carbonyl (C=O) groups excluding carboxylic acids is 1. The average molecular weight is 274 g/mol. The molecule has 1 aromatic rings. The molecule has 4 nitrogen and oxygen atoms in total. The summed E-state index contributed by atoms with van der Waals surface area (Å²) in [7, 11) is 0. The summed E-state index contributed by atoms with van der Waals surface area (Å²) in [5.41, 5.74) is 1.05. The molecule has 3 atom stereocenters. The van der Waals surface area contributed by atoms with Crippen LogP contribution in [0.25, 0.3) is 0 Å². The van der Waals surface area contributed by atoms with Crippen LogP contribution in [0, 0.1) is 0 Å². The number of epoxide rings is 1. The highest BCUT2D eigenvalue weighted by Crippen LogP contribution is 2.23. The third kappa shape index (κ3) is 4.05. The third-order valence-corrected chi connectivity index (χ3v) is 2.99. The van der Waals surface area contributed by atoms with Crippen molar-refractivity contribution >= 4 is 5.97 Å². The van der Waals surface area contributed by atoms with Crippen molar-refractivity contribution in [2.24, 2.45) is 0 Å². The number of ether oxygens (including phenoxy) is 3. The van der Waals surface area contributed by atoms with Gasteiger partial charge >= 0.3 is 5.97 Å². The van der Waals surface area contributed by atoms with Crippen molar-refractivity contribution in [1.29, 1.82) is 0 Å². The molecular formula is C16H18O4. The van der Waals surface area contributed by atoms with Crippen molar-refractivity contribution in [3.63, 3.8) is 0 Å². The van der Waals surface area contributed by atoms with Gasteiger partial charge in [-0.1, -0.05) is 43.0 Å². The number of esters is 1. The molecule has 0 amide bonds. The van der Waals surface area contributed by atoms with E-state index in [1.54, 1.807) is 6.08 Å². The maximum Gasteiger partial charge on any atom is 0.330 e. The van der Waals surface area contributed by atoms with Crippen LogP contribution in [0.1, 0.15) is 5.56 Å². The van der Waals surface area contributed by atoms with Gasteiger partial charge in [-0.2, -0.15) is 0 Å². The maximum absolute atomic E-state index is 11.4. The largest absolute Gasteiger partial charge is 0.453 e. The summed E-state index contributed by atoms with van der Waals surface area (Å²) in [6.45, 7) is 8.12. The quantitative estimate of drug-likeness (QED) is 0.316. The van der Waals surface area contributed by atoms with Crippen LogP contribution in [0.5, 0.6) is 0 Å². The molecule has 1 aliphatic rings. The highest BCUT2D eigenvalue weighted by atomic mass is 16.6. The molecule has 0 radical (unpaired) electrons. The van der Waals surface area contributed by atoms with Crippen LogP contribution in [0.15, 0.2) is 55.6 Å². The van der Waals surface area contributed by atoms with E-state index < -0.39 is 18.2 Å². The van der Waals surface area contributed by atoms with E-state index in [1.165, 1.54) is 0 Å². The van der Waals surface area contributed by atoms with E-state index in [0.717, 1.165) is 11.6 Å². The molecule has 1 saturated heterocycles. The Bertz CT molecular complexity index is 465. The number of rotatable bonds is 8. The minimum absolute atomic E-state index is 0.127. The topological polar surface area (TPSA) is 48.1 Å². The van der Waals surface area contributed by atoms with Crippen LogP contribution >= 0.6 is 0 Å². The van der Waals surface area contributed by atoms with Gasteiger partial charge < -0.3 is 14.2 Å². The van der Waals surface area contributed by atoms with E-state index in [2.05, 4.69) is 13.2 Å². The zero-order chi connectivity index (χ0) is 14.4. The molecule has 1 fully saturated rings. The zero-order valence-electron chi connectivity index (χ0n) is 11.2. The zero-order valence-corrected chi connectivity index (χ0v) is 11.2. The standard InChI is InChI=1S/C16H18O4/c1-3-13(18-10-12-8-6-5-7-9-12)16(14-11-19-14)20-15(17)4-2/h3-9,13-14,16H,1-2,10-11H2/t13-,14-,16+/m1/s1. The van der Waals surface area contributed by atoms with Crippen molar-refractivity contribution in [3.05, 3.63) is 61.2 Å². The molecule has 4 heteroatoms. The number of carbonyl (C=O) groups is 1. The molecule has 0 N–H and O–H groups in total. The fourth-order valence-electron chi connectivity index (χ4n) is 1.85. The summed E-state index contributed by atoms with van der Waals surface area (Å²) in [6, 6.07) is 9.78. The smallest absolute Gasteiger partial charge is 0.330 e. The first-order chi connectivity index (χ1) is 9.74. The molecule has 0 aliphatic carbocycles. The summed E-state index contributed by atoms with van der Waals surface area (Å²) in [5, 5.41) is 0. The lowest BCUT2D eigenvalue weighted by atomic mass is 10.1. The Balaban J connectivity index is 1.95. The number of hydrogen-bond acceptors (Lipinski definition) is 4. The van der Waals surface area contributed by atoms with Crippen LogP contribution in [0.4, 0.5) is 0 Å². The summed E-state index contributed by atoms with van der Waals surface area (Å²) in [5.74, 6) is -0.485. The van der Waals surface area contributed by atoms with Crippen LogP contribution in [0.3, 0.4) is 0 Å². The van der Waals surface area contributed by atoms with Gasteiger partial charge in [-0.15, -0.1) is 6.58 Å². The number of benzene rings is 1. The lowest BCUT2D eigenvalue weighted by Gasteiger charge is -2.23. The minimum atomic E-state index is -0.485. The molecule has 1 aliphatic heterocycles. The van der Waals surface area contributed by atoms with Crippen molar-refractivity contribution in [3.8, 4) is 0 Å². The summed E-state index contributed by atoms with van der Waals surface area (Å²) in [4.78, 5) is 11.4. The van der Waals surface area contributed by atoms with E-state index >= 15 is 0 Å². The lowest BCUT2D eigenvalue weighted by molar-refractivity contribution is -0.151. The summed E-state index contributed by atoms with van der Waals surface area (Å²) < 4.78 is 16.3. The van der Waals surface area contributed by atoms with Gasteiger partial charge in [0, 0.05) is 6.08 Å². The van der Waals surface area contributed by atoms with Gasteiger partial charge in [0.05, 0.1) is 13.2 Å². The van der Waals surface area contributed by atoms with Gasteiger partial charge in [-0.25, -0.2) is 4.79 Å². The van der Waals surface area contributed by atoms with Gasteiger partial charge in [0.2, 0.25) is 0 Å². The molecular weight excluding hydrogens is 256 g/mol. The molecule has 20 heavy (non-hydrogen) atoms. The maximum atomic E-state index is 11.4. The normalized spacial score (nSPS) is 19.7. The van der Waals surface area contributed by atoms with Gasteiger partial charge in [-0.05, 0) is 5.56 Å². The Morgan fingerprint density at radius 3 is 2.65 bits per heavy atom. The molecule has 2 rings (SSSR count). The third-order valence-electron chi connectivity index (χ3n) is 2.99. The van der Waals surface area contributed by atoms with Crippen LogP contribution in [0.2, 0.25) is 0 Å². The van der Waals surface area contributed by atoms with E-state index in [0.29, 0.717) is 13.2 Å². The van der Waals surface area contributed by atoms with E-state index in [1.807, 2.05) is 30.3 Å². The van der Waals surface area contributed by atoms with Gasteiger partial charge in [0.1, 0.15) is 12.2 Å². The fourth-order valence-corrected chi connectivity index (χ4v) is 1.85. The van der Waals surface area contributed by atoms with Crippen molar-refractivity contribution in [2.45, 2.75) is 24.9 Å². The molecule has 1 heterocycles. The predicted molar refractivity (Wildman–Crippen MR) is 75.0 cm³/mol. The Morgan fingerprint density at radius 1 is 1.40 bits per heavy atom. The van der Waals surface area contributed by atoms with Crippen LogP contribution < -0.4 is 0 Å². The second-order valence-electron chi connectivity index (χ2n) is 4.47. The molecule has 1 aromatic carbocycles.